The number of hydrogen-bond acceptors (Lipinski definition) is 3. The Balaban J connectivity index is 1.55. The van der Waals surface area contributed by atoms with Gasteiger partial charge in [0.2, 0.25) is 0 Å². The van der Waals surface area contributed by atoms with E-state index in [4.69, 9.17) is 9.47 Å². The first-order valence-electron chi connectivity index (χ1n) is 11.0. The van der Waals surface area contributed by atoms with E-state index in [1.54, 1.807) is 26.0 Å². The van der Waals surface area contributed by atoms with Crippen molar-refractivity contribution in [1.82, 2.24) is 4.40 Å². The van der Waals surface area contributed by atoms with E-state index in [0.717, 1.165) is 42.1 Å². The van der Waals surface area contributed by atoms with Gasteiger partial charge in [0.25, 0.3) is 0 Å². The largest absolute Gasteiger partial charge is 0.490 e. The van der Waals surface area contributed by atoms with Crippen molar-refractivity contribution in [2.75, 3.05) is 0 Å². The van der Waals surface area contributed by atoms with Crippen LogP contribution in [0.25, 0.3) is 5.52 Å². The number of carboxylic acids is 1. The summed E-state index contributed by atoms with van der Waals surface area (Å²) in [5.41, 5.74) is 2.61. The second kappa shape index (κ2) is 9.00. The SMILES string of the molecule is CC(C)Oc1ccc(COc2ccn3c4c(cc3c2)C(CC(=O)O)CCC4)cc1C(F)(F)F. The second-order valence-corrected chi connectivity index (χ2v) is 8.67. The number of rotatable bonds is 7. The number of carbonyl (C=O) groups is 1. The van der Waals surface area contributed by atoms with Gasteiger partial charge in [0, 0.05) is 23.5 Å². The van der Waals surface area contributed by atoms with Crippen LogP contribution in [-0.4, -0.2) is 21.6 Å². The summed E-state index contributed by atoms with van der Waals surface area (Å²) in [6.45, 7) is 3.33. The molecule has 1 aromatic carbocycles. The van der Waals surface area contributed by atoms with E-state index in [-0.39, 0.29) is 30.8 Å². The predicted molar refractivity (Wildman–Crippen MR) is 117 cm³/mol. The molecule has 0 bridgehead atoms. The monoisotopic (exact) mass is 461 g/mol. The second-order valence-electron chi connectivity index (χ2n) is 8.67. The van der Waals surface area contributed by atoms with Gasteiger partial charge in [-0.15, -0.1) is 0 Å². The Morgan fingerprint density at radius 2 is 2.00 bits per heavy atom. The number of aliphatic carboxylic acids is 1. The molecule has 2 aromatic heterocycles. The molecule has 0 fully saturated rings. The van der Waals surface area contributed by atoms with Crippen LogP contribution in [0.15, 0.2) is 42.6 Å². The van der Waals surface area contributed by atoms with Gasteiger partial charge in [-0.05, 0) is 74.4 Å². The van der Waals surface area contributed by atoms with Crippen LogP contribution in [-0.2, 0) is 24.0 Å². The third-order valence-electron chi connectivity index (χ3n) is 5.83. The summed E-state index contributed by atoms with van der Waals surface area (Å²) < 4.78 is 53.6. The molecule has 176 valence electrons. The van der Waals surface area contributed by atoms with Crippen LogP contribution < -0.4 is 9.47 Å². The molecule has 1 unspecified atom stereocenters. The van der Waals surface area contributed by atoms with Gasteiger partial charge in [-0.3, -0.25) is 4.79 Å². The zero-order chi connectivity index (χ0) is 23.8. The number of ether oxygens (including phenoxy) is 2. The fourth-order valence-electron chi connectivity index (χ4n) is 4.45. The molecule has 2 heterocycles. The molecule has 0 radical (unpaired) electrons. The smallest absolute Gasteiger partial charge is 0.419 e. The molecular weight excluding hydrogens is 435 g/mol. The number of alkyl halides is 3. The summed E-state index contributed by atoms with van der Waals surface area (Å²) in [6, 6.07) is 9.55. The summed E-state index contributed by atoms with van der Waals surface area (Å²) in [6.07, 6.45) is -0.270. The Kier molecular flexibility index (Phi) is 6.28. The van der Waals surface area contributed by atoms with Crippen molar-refractivity contribution in [1.29, 1.82) is 0 Å². The van der Waals surface area contributed by atoms with Crippen LogP contribution in [0.1, 0.15) is 61.4 Å². The normalized spacial score (nSPS) is 16.1. The van der Waals surface area contributed by atoms with Crippen LogP contribution in [0, 0.1) is 0 Å². The lowest BCUT2D eigenvalue weighted by Gasteiger charge is -2.21. The maximum Gasteiger partial charge on any atom is 0.419 e. The fourth-order valence-corrected chi connectivity index (χ4v) is 4.45. The molecular formula is C25H26F3NO4. The lowest BCUT2D eigenvalue weighted by Crippen LogP contribution is -2.13. The summed E-state index contributed by atoms with van der Waals surface area (Å²) in [5.74, 6) is -0.487. The highest BCUT2D eigenvalue weighted by Gasteiger charge is 2.35. The highest BCUT2D eigenvalue weighted by atomic mass is 19.4. The Morgan fingerprint density at radius 1 is 1.21 bits per heavy atom. The van der Waals surface area contributed by atoms with Crippen molar-refractivity contribution in [3.05, 3.63) is 65.0 Å². The average molecular weight is 461 g/mol. The van der Waals surface area contributed by atoms with Crippen LogP contribution in [0.5, 0.6) is 11.5 Å². The number of fused-ring (bicyclic) bond motifs is 3. The molecule has 0 saturated heterocycles. The lowest BCUT2D eigenvalue weighted by atomic mass is 9.85. The van der Waals surface area contributed by atoms with Crippen molar-refractivity contribution in [3.63, 3.8) is 0 Å². The Labute approximate surface area is 189 Å². The predicted octanol–water partition coefficient (Wildman–Crippen LogP) is 6.22. The first-order valence-corrected chi connectivity index (χ1v) is 11.0. The first kappa shape index (κ1) is 23.0. The van der Waals surface area contributed by atoms with Gasteiger partial charge < -0.3 is 19.0 Å². The number of nitrogens with zero attached hydrogens (tertiary/aromatic N) is 1. The van der Waals surface area contributed by atoms with Crippen LogP contribution >= 0.6 is 0 Å². The van der Waals surface area contributed by atoms with Crippen molar-refractivity contribution >= 4 is 11.5 Å². The van der Waals surface area contributed by atoms with E-state index in [9.17, 15) is 23.1 Å². The molecule has 3 aromatic rings. The van der Waals surface area contributed by atoms with Gasteiger partial charge in [0.15, 0.2) is 0 Å². The number of aryl methyl sites for hydroxylation is 1. The molecule has 33 heavy (non-hydrogen) atoms. The Morgan fingerprint density at radius 3 is 2.70 bits per heavy atom. The highest BCUT2D eigenvalue weighted by Crippen LogP contribution is 2.38. The van der Waals surface area contributed by atoms with E-state index < -0.39 is 17.7 Å². The number of pyridine rings is 1. The molecule has 8 heteroatoms. The maximum atomic E-state index is 13.5. The third-order valence-corrected chi connectivity index (χ3v) is 5.83. The summed E-state index contributed by atoms with van der Waals surface area (Å²) in [7, 11) is 0. The minimum absolute atomic E-state index is 0.0112. The van der Waals surface area contributed by atoms with Gasteiger partial charge in [-0.25, -0.2) is 0 Å². The summed E-state index contributed by atoms with van der Waals surface area (Å²) in [5, 5.41) is 9.21. The van der Waals surface area contributed by atoms with Gasteiger partial charge in [-0.2, -0.15) is 13.2 Å². The average Bonchev–Trinajstić information content (AvgIpc) is 3.10. The van der Waals surface area contributed by atoms with Gasteiger partial charge in [0.05, 0.1) is 18.1 Å². The minimum atomic E-state index is -4.53. The van der Waals surface area contributed by atoms with Crippen molar-refractivity contribution in [3.8, 4) is 11.5 Å². The molecule has 1 aliphatic rings. The quantitative estimate of drug-likeness (QED) is 0.454. The van der Waals surface area contributed by atoms with Crippen molar-refractivity contribution in [2.45, 2.75) is 64.3 Å². The number of carboxylic acid groups (broad SMARTS) is 1. The molecule has 0 amide bonds. The number of benzene rings is 1. The molecule has 1 N–H and O–H groups in total. The van der Waals surface area contributed by atoms with Crippen LogP contribution in [0.4, 0.5) is 13.2 Å². The number of hydrogen-bond donors (Lipinski definition) is 1. The number of aromatic nitrogens is 1. The van der Waals surface area contributed by atoms with E-state index >= 15 is 0 Å². The molecule has 1 atom stereocenters. The number of halogens is 3. The molecule has 4 rings (SSSR count). The zero-order valence-corrected chi connectivity index (χ0v) is 18.5. The van der Waals surface area contributed by atoms with Gasteiger partial charge in [-0.1, -0.05) is 6.07 Å². The van der Waals surface area contributed by atoms with Crippen LogP contribution in [0.3, 0.4) is 0 Å². The Hall–Kier alpha value is -3.16. The highest BCUT2D eigenvalue weighted by molar-refractivity contribution is 5.69. The fraction of sp³-hybridized carbons (Fsp3) is 0.400. The topological polar surface area (TPSA) is 60.2 Å². The van der Waals surface area contributed by atoms with E-state index in [1.807, 2.05) is 22.7 Å². The van der Waals surface area contributed by atoms with E-state index in [1.165, 1.54) is 6.07 Å². The molecule has 0 spiro atoms. The Bertz CT molecular complexity index is 1170. The van der Waals surface area contributed by atoms with E-state index in [2.05, 4.69) is 0 Å². The van der Waals surface area contributed by atoms with Gasteiger partial charge >= 0.3 is 12.1 Å². The summed E-state index contributed by atoms with van der Waals surface area (Å²) in [4.78, 5) is 11.2. The standard InChI is InChI=1S/C25H26F3NO4/c1-15(2)33-23-7-6-16(10-21(23)25(26,27)28)14-32-19-8-9-29-18(12-19)13-20-17(11-24(30)31)4-3-5-22(20)29/h6-10,12-13,15,17H,3-5,11,14H2,1-2H3,(H,30,31). The molecule has 0 saturated carbocycles. The molecule has 1 aliphatic carbocycles. The maximum absolute atomic E-state index is 13.5. The zero-order valence-electron chi connectivity index (χ0n) is 18.5. The first-order chi connectivity index (χ1) is 15.6. The van der Waals surface area contributed by atoms with Crippen molar-refractivity contribution in [2.24, 2.45) is 0 Å². The van der Waals surface area contributed by atoms with Gasteiger partial charge in [0.1, 0.15) is 18.1 Å². The van der Waals surface area contributed by atoms with Crippen molar-refractivity contribution < 1.29 is 32.5 Å². The lowest BCUT2D eigenvalue weighted by molar-refractivity contribution is -0.139. The van der Waals surface area contributed by atoms with Crippen LogP contribution in [0.2, 0.25) is 0 Å². The summed E-state index contributed by atoms with van der Waals surface area (Å²) >= 11 is 0. The molecule has 5 nitrogen and oxygen atoms in total. The third kappa shape index (κ3) is 5.10. The minimum Gasteiger partial charge on any atom is -0.490 e. The molecule has 0 aliphatic heterocycles. The van der Waals surface area contributed by atoms with E-state index in [0.29, 0.717) is 11.3 Å².